The monoisotopic (exact) mass is 744 g/mol. The molecule has 0 fully saturated rings. The zero-order valence-corrected chi connectivity index (χ0v) is 29.2. The highest BCUT2D eigenvalue weighted by Gasteiger charge is 2.30. The fraction of sp³-hybridized carbons (Fsp3) is 0.438. The molecular formula is C32H44N10O9S. The van der Waals surface area contributed by atoms with Crippen LogP contribution in [-0.2, 0) is 46.4 Å². The van der Waals surface area contributed by atoms with Crippen molar-refractivity contribution in [2.75, 3.05) is 25.2 Å². The smallest absolute Gasteiger partial charge is 0.328 e. The Morgan fingerprint density at radius 1 is 0.865 bits per heavy atom. The summed E-state index contributed by atoms with van der Waals surface area (Å²) < 4.78 is 0. The number of carbonyl (C=O) groups is 7. The van der Waals surface area contributed by atoms with Crippen molar-refractivity contribution in [3.63, 3.8) is 0 Å². The summed E-state index contributed by atoms with van der Waals surface area (Å²) in [5, 5.41) is 31.5. The molecule has 13 N–H and O–H groups in total. The normalized spacial score (nSPS) is 13.9. The second kappa shape index (κ2) is 20.4. The van der Waals surface area contributed by atoms with Gasteiger partial charge < -0.3 is 58.2 Å². The SMILES string of the molecule is CSCC[C@@H](NC(=O)[C@H](CCC(N)=O)NC(=O)[C@@H](N)Cc1c[nH]c2ccccc12)C(=O)NCC(=O)N[C@@H](Cc1cnc[nH]1)C(=O)N[C@@H](CO)C(=O)O. The molecule has 0 spiro atoms. The van der Waals surface area contributed by atoms with E-state index in [1.165, 1.54) is 24.3 Å². The minimum atomic E-state index is -1.62. The second-order valence-electron chi connectivity index (χ2n) is 11.8. The summed E-state index contributed by atoms with van der Waals surface area (Å²) >= 11 is 1.39. The third-order valence-electron chi connectivity index (χ3n) is 7.86. The van der Waals surface area contributed by atoms with Crippen molar-refractivity contribution in [3.05, 3.63) is 54.2 Å². The molecule has 6 amide bonds. The van der Waals surface area contributed by atoms with Crippen molar-refractivity contribution in [3.8, 4) is 0 Å². The molecule has 0 radical (unpaired) electrons. The molecule has 3 aromatic rings. The number of aliphatic hydroxyl groups excluding tert-OH is 1. The van der Waals surface area contributed by atoms with Gasteiger partial charge in [0.25, 0.3) is 0 Å². The molecule has 52 heavy (non-hydrogen) atoms. The van der Waals surface area contributed by atoms with Crippen LogP contribution in [0.15, 0.2) is 43.0 Å². The lowest BCUT2D eigenvalue weighted by Gasteiger charge is -2.24. The zero-order valence-electron chi connectivity index (χ0n) is 28.3. The first kappa shape index (κ1) is 41.0. The number of fused-ring (bicyclic) bond motifs is 1. The number of rotatable bonds is 22. The van der Waals surface area contributed by atoms with Crippen molar-refractivity contribution in [1.82, 2.24) is 41.5 Å². The Hall–Kier alpha value is -5.47. The van der Waals surface area contributed by atoms with Crippen LogP contribution >= 0.6 is 11.8 Å². The number of aliphatic carboxylic acids is 1. The average Bonchev–Trinajstić information content (AvgIpc) is 3.79. The number of benzene rings is 1. The predicted molar refractivity (Wildman–Crippen MR) is 189 cm³/mol. The first-order valence-electron chi connectivity index (χ1n) is 16.2. The first-order chi connectivity index (χ1) is 24.8. The number of nitrogens with zero attached hydrogens (tertiary/aromatic N) is 1. The van der Waals surface area contributed by atoms with Crippen LogP contribution in [0.1, 0.15) is 30.5 Å². The van der Waals surface area contributed by atoms with Gasteiger partial charge in [-0.15, -0.1) is 0 Å². The van der Waals surface area contributed by atoms with E-state index >= 15 is 0 Å². The topological polar surface area (TPSA) is 317 Å². The summed E-state index contributed by atoms with van der Waals surface area (Å²) in [6.07, 6.45) is 5.97. The summed E-state index contributed by atoms with van der Waals surface area (Å²) in [7, 11) is 0. The number of thioether (sulfide) groups is 1. The minimum Gasteiger partial charge on any atom is -0.480 e. The van der Waals surface area contributed by atoms with Crippen molar-refractivity contribution >= 4 is 64.1 Å². The van der Waals surface area contributed by atoms with E-state index < -0.39 is 84.8 Å². The number of carboxylic acids is 1. The minimum absolute atomic E-state index is 0.125. The van der Waals surface area contributed by atoms with Gasteiger partial charge in [-0.1, -0.05) is 18.2 Å². The highest BCUT2D eigenvalue weighted by Crippen LogP contribution is 2.19. The van der Waals surface area contributed by atoms with Gasteiger partial charge in [-0.05, 0) is 42.9 Å². The molecule has 0 aliphatic heterocycles. The number of nitrogens with one attached hydrogen (secondary N) is 7. The molecule has 282 valence electrons. The Morgan fingerprint density at radius 2 is 1.54 bits per heavy atom. The van der Waals surface area contributed by atoms with E-state index in [0.717, 1.165) is 16.5 Å². The van der Waals surface area contributed by atoms with Crippen LogP contribution in [0, 0.1) is 0 Å². The highest BCUT2D eigenvalue weighted by atomic mass is 32.2. The van der Waals surface area contributed by atoms with Crippen molar-refractivity contribution in [2.24, 2.45) is 11.5 Å². The number of primary amides is 1. The van der Waals surface area contributed by atoms with E-state index in [1.807, 2.05) is 24.3 Å². The third-order valence-corrected chi connectivity index (χ3v) is 8.50. The average molecular weight is 745 g/mol. The van der Waals surface area contributed by atoms with E-state index in [1.54, 1.807) is 12.5 Å². The zero-order chi connectivity index (χ0) is 38.2. The van der Waals surface area contributed by atoms with Crippen molar-refractivity contribution in [2.45, 2.75) is 62.3 Å². The Labute approximate surface area is 302 Å². The Balaban J connectivity index is 1.65. The number of para-hydroxylation sites is 1. The molecule has 0 saturated heterocycles. The largest absolute Gasteiger partial charge is 0.480 e. The van der Waals surface area contributed by atoms with E-state index in [2.05, 4.69) is 41.5 Å². The van der Waals surface area contributed by atoms with Gasteiger partial charge in [0.15, 0.2) is 0 Å². The van der Waals surface area contributed by atoms with Crippen molar-refractivity contribution < 1.29 is 43.8 Å². The predicted octanol–water partition coefficient (Wildman–Crippen LogP) is -2.85. The number of aromatic nitrogens is 3. The van der Waals surface area contributed by atoms with Gasteiger partial charge in [-0.25, -0.2) is 9.78 Å². The first-order valence-corrected chi connectivity index (χ1v) is 17.6. The lowest BCUT2D eigenvalue weighted by molar-refractivity contribution is -0.143. The van der Waals surface area contributed by atoms with Crippen LogP contribution in [0.25, 0.3) is 10.9 Å². The Kier molecular flexibility index (Phi) is 16.1. The quantitative estimate of drug-likeness (QED) is 0.0496. The second-order valence-corrected chi connectivity index (χ2v) is 12.8. The van der Waals surface area contributed by atoms with Crippen LogP contribution in [0.4, 0.5) is 0 Å². The lowest BCUT2D eigenvalue weighted by atomic mass is 10.0. The van der Waals surface area contributed by atoms with Gasteiger partial charge >= 0.3 is 5.97 Å². The van der Waals surface area contributed by atoms with Gasteiger partial charge in [0.2, 0.25) is 35.4 Å². The van der Waals surface area contributed by atoms with Crippen LogP contribution in [-0.4, -0.2) is 122 Å². The summed E-state index contributed by atoms with van der Waals surface area (Å²) in [5.41, 5.74) is 13.6. The highest BCUT2D eigenvalue weighted by molar-refractivity contribution is 7.98. The summed E-state index contributed by atoms with van der Waals surface area (Å²) in [5.74, 6) is -5.73. The molecule has 2 aromatic heterocycles. The van der Waals surface area contributed by atoms with Gasteiger partial charge in [-0.2, -0.15) is 11.8 Å². The number of hydrogen-bond acceptors (Lipinski definition) is 11. The van der Waals surface area contributed by atoms with E-state index in [4.69, 9.17) is 11.5 Å². The Bertz CT molecular complexity index is 1700. The molecule has 0 saturated carbocycles. The van der Waals surface area contributed by atoms with Crippen LogP contribution < -0.4 is 38.1 Å². The number of H-pyrrole nitrogens is 2. The Morgan fingerprint density at radius 3 is 2.19 bits per heavy atom. The van der Waals surface area contributed by atoms with E-state index in [0.29, 0.717) is 11.4 Å². The molecule has 0 aliphatic carbocycles. The van der Waals surface area contributed by atoms with Crippen molar-refractivity contribution in [1.29, 1.82) is 0 Å². The summed E-state index contributed by atoms with van der Waals surface area (Å²) in [4.78, 5) is 98.1. The van der Waals surface area contributed by atoms with Gasteiger partial charge in [-0.3, -0.25) is 28.8 Å². The molecule has 1 aromatic carbocycles. The molecule has 0 aliphatic rings. The van der Waals surface area contributed by atoms with Gasteiger partial charge in [0, 0.05) is 41.8 Å². The van der Waals surface area contributed by atoms with Crippen LogP contribution in [0.2, 0.25) is 0 Å². The van der Waals surface area contributed by atoms with Gasteiger partial charge in [0.1, 0.15) is 24.2 Å². The summed E-state index contributed by atoms with van der Waals surface area (Å²) in [6.45, 7) is -1.53. The molecule has 2 heterocycles. The third kappa shape index (κ3) is 12.7. The molecule has 5 atom stereocenters. The molecular weight excluding hydrogens is 700 g/mol. The van der Waals surface area contributed by atoms with E-state index in [9.17, 15) is 43.8 Å². The van der Waals surface area contributed by atoms with Crippen LogP contribution in [0.3, 0.4) is 0 Å². The fourth-order valence-corrected chi connectivity index (χ4v) is 5.53. The molecule has 3 rings (SSSR count). The number of aromatic amines is 2. The standard InChI is InChI=1S/C32H44N10O9S/c1-52-9-8-23(29(47)37-14-27(45)39-24(11-18-13-35-16-38-18)31(49)42-25(15-43)32(50)51)41-30(48)22(6-7-26(34)44)40-28(46)20(33)10-17-12-36-21-5-3-2-4-19(17)21/h2-5,12-13,16,20,22-25,36,43H,6-11,14-15,33H2,1H3,(H2,34,44)(H,35,38)(H,37,47)(H,39,45)(H,40,46)(H,41,48)(H,42,49)(H,50,51)/t20-,22-,23+,24-,25-/m0/s1. The number of carboxylic acid groups (broad SMARTS) is 1. The molecule has 0 bridgehead atoms. The lowest BCUT2D eigenvalue weighted by Crippen LogP contribution is -2.57. The number of nitrogens with two attached hydrogens (primary N) is 2. The fourth-order valence-electron chi connectivity index (χ4n) is 5.06. The molecule has 0 unspecified atom stereocenters. The van der Waals surface area contributed by atoms with Gasteiger partial charge in [0.05, 0.1) is 25.5 Å². The van der Waals surface area contributed by atoms with E-state index in [-0.39, 0.29) is 32.1 Å². The summed E-state index contributed by atoms with van der Waals surface area (Å²) in [6, 6.07) is 1.01. The number of amides is 6. The maximum Gasteiger partial charge on any atom is 0.328 e. The maximum atomic E-state index is 13.5. The van der Waals surface area contributed by atoms with Crippen LogP contribution in [0.5, 0.6) is 0 Å². The molecule has 20 heteroatoms. The number of aliphatic hydroxyl groups is 1. The maximum absolute atomic E-state index is 13.5. The number of imidazole rings is 1. The number of carbonyl (C=O) groups excluding carboxylic acids is 6. The number of hydrogen-bond donors (Lipinski definition) is 11. The molecule has 19 nitrogen and oxygen atoms in total.